The second-order valence-electron chi connectivity index (χ2n) is 4.99. The second-order valence-corrected chi connectivity index (χ2v) is 5.90. The van der Waals surface area contributed by atoms with Crippen LogP contribution in [-0.2, 0) is 6.54 Å². The summed E-state index contributed by atoms with van der Waals surface area (Å²) in [5.74, 6) is 0.00806. The maximum Gasteiger partial charge on any atom is 0.254 e. The molecule has 2 rings (SSSR count). The molecule has 0 unspecified atom stereocenters. The van der Waals surface area contributed by atoms with Gasteiger partial charge in [-0.15, -0.1) is 0 Å². The third-order valence-electron chi connectivity index (χ3n) is 3.16. The SMILES string of the molecule is CCCN(Cc1ccccc1)C(=O)c1cc(N)cc(Br)c1. The average molecular weight is 347 g/mol. The van der Waals surface area contributed by atoms with Crippen molar-refractivity contribution in [3.8, 4) is 0 Å². The Hall–Kier alpha value is -1.81. The van der Waals surface area contributed by atoms with Crippen LogP contribution in [0.2, 0.25) is 0 Å². The van der Waals surface area contributed by atoms with E-state index in [4.69, 9.17) is 5.73 Å². The van der Waals surface area contributed by atoms with Crippen LogP contribution in [0.4, 0.5) is 5.69 Å². The van der Waals surface area contributed by atoms with Gasteiger partial charge in [0.25, 0.3) is 5.91 Å². The lowest BCUT2D eigenvalue weighted by molar-refractivity contribution is 0.0743. The zero-order valence-corrected chi connectivity index (χ0v) is 13.6. The highest BCUT2D eigenvalue weighted by Crippen LogP contribution is 2.19. The molecule has 0 saturated carbocycles. The molecule has 0 aliphatic heterocycles. The number of carbonyl (C=O) groups excluding carboxylic acids is 1. The van der Waals surface area contributed by atoms with Crippen molar-refractivity contribution >= 4 is 27.5 Å². The molecule has 0 radical (unpaired) electrons. The van der Waals surface area contributed by atoms with Gasteiger partial charge in [-0.05, 0) is 30.2 Å². The van der Waals surface area contributed by atoms with E-state index < -0.39 is 0 Å². The van der Waals surface area contributed by atoms with E-state index >= 15 is 0 Å². The standard InChI is InChI=1S/C17H19BrN2O/c1-2-8-20(12-13-6-4-3-5-7-13)17(21)14-9-15(18)11-16(19)10-14/h3-7,9-11H,2,8,12,19H2,1H3. The summed E-state index contributed by atoms with van der Waals surface area (Å²) < 4.78 is 0.821. The molecule has 0 aliphatic carbocycles. The molecule has 3 nitrogen and oxygen atoms in total. The smallest absolute Gasteiger partial charge is 0.254 e. The molecule has 0 fully saturated rings. The Morgan fingerprint density at radius 2 is 1.90 bits per heavy atom. The Bertz CT molecular complexity index is 593. The maximum absolute atomic E-state index is 12.7. The van der Waals surface area contributed by atoms with Crippen LogP contribution in [0.5, 0.6) is 0 Å². The highest BCUT2D eigenvalue weighted by Gasteiger charge is 2.16. The van der Waals surface area contributed by atoms with Crippen molar-refractivity contribution in [2.24, 2.45) is 0 Å². The molecule has 0 bridgehead atoms. The van der Waals surface area contributed by atoms with E-state index in [0.717, 1.165) is 23.0 Å². The molecule has 21 heavy (non-hydrogen) atoms. The van der Waals surface area contributed by atoms with Crippen molar-refractivity contribution in [1.82, 2.24) is 4.90 Å². The van der Waals surface area contributed by atoms with Crippen molar-refractivity contribution in [1.29, 1.82) is 0 Å². The third kappa shape index (κ3) is 4.33. The third-order valence-corrected chi connectivity index (χ3v) is 3.62. The lowest BCUT2D eigenvalue weighted by atomic mass is 10.1. The Balaban J connectivity index is 2.22. The number of hydrogen-bond donors (Lipinski definition) is 1. The number of nitrogens with zero attached hydrogens (tertiary/aromatic N) is 1. The normalized spacial score (nSPS) is 10.4. The fourth-order valence-corrected chi connectivity index (χ4v) is 2.76. The summed E-state index contributed by atoms with van der Waals surface area (Å²) in [7, 11) is 0. The molecule has 2 aromatic carbocycles. The molecule has 0 spiro atoms. The number of nitrogen functional groups attached to an aromatic ring is 1. The topological polar surface area (TPSA) is 46.3 Å². The van der Waals surface area contributed by atoms with E-state index in [9.17, 15) is 4.79 Å². The summed E-state index contributed by atoms with van der Waals surface area (Å²) in [6, 6.07) is 15.3. The van der Waals surface area contributed by atoms with Gasteiger partial charge >= 0.3 is 0 Å². The van der Waals surface area contributed by atoms with E-state index in [-0.39, 0.29) is 5.91 Å². The quantitative estimate of drug-likeness (QED) is 0.829. The lowest BCUT2D eigenvalue weighted by Crippen LogP contribution is -2.31. The number of hydrogen-bond acceptors (Lipinski definition) is 2. The van der Waals surface area contributed by atoms with E-state index in [1.54, 1.807) is 12.1 Å². The summed E-state index contributed by atoms with van der Waals surface area (Å²) in [4.78, 5) is 14.6. The van der Waals surface area contributed by atoms with E-state index in [1.165, 1.54) is 0 Å². The molecular weight excluding hydrogens is 328 g/mol. The van der Waals surface area contributed by atoms with Crippen LogP contribution >= 0.6 is 15.9 Å². The fraction of sp³-hybridized carbons (Fsp3) is 0.235. The van der Waals surface area contributed by atoms with Crippen molar-refractivity contribution in [3.05, 3.63) is 64.1 Å². The summed E-state index contributed by atoms with van der Waals surface area (Å²) >= 11 is 3.39. The molecule has 0 heterocycles. The molecule has 0 aliphatic rings. The van der Waals surface area contributed by atoms with Gasteiger partial charge in [-0.1, -0.05) is 53.2 Å². The second kappa shape index (κ2) is 7.27. The van der Waals surface area contributed by atoms with Crippen LogP contribution in [0.1, 0.15) is 29.3 Å². The average Bonchev–Trinajstić information content (AvgIpc) is 2.46. The maximum atomic E-state index is 12.7. The van der Waals surface area contributed by atoms with Gasteiger partial charge < -0.3 is 10.6 Å². The molecule has 2 aromatic rings. The highest BCUT2D eigenvalue weighted by atomic mass is 79.9. The fourth-order valence-electron chi connectivity index (χ4n) is 2.24. The molecule has 2 N–H and O–H groups in total. The molecule has 0 saturated heterocycles. The summed E-state index contributed by atoms with van der Waals surface area (Å²) in [6.07, 6.45) is 0.919. The molecule has 110 valence electrons. The molecule has 4 heteroatoms. The number of anilines is 1. The van der Waals surface area contributed by atoms with Gasteiger partial charge in [0, 0.05) is 28.8 Å². The Morgan fingerprint density at radius 3 is 2.52 bits per heavy atom. The number of amides is 1. The first kappa shape index (κ1) is 15.6. The predicted molar refractivity (Wildman–Crippen MR) is 90.0 cm³/mol. The van der Waals surface area contributed by atoms with Crippen LogP contribution in [-0.4, -0.2) is 17.4 Å². The summed E-state index contributed by atoms with van der Waals surface area (Å²) in [5.41, 5.74) is 8.15. The number of halogens is 1. The number of nitrogens with two attached hydrogens (primary N) is 1. The van der Waals surface area contributed by atoms with Crippen LogP contribution in [0.3, 0.4) is 0 Å². The van der Waals surface area contributed by atoms with Crippen LogP contribution < -0.4 is 5.73 Å². The zero-order valence-electron chi connectivity index (χ0n) is 12.1. The van der Waals surface area contributed by atoms with Crippen molar-refractivity contribution in [3.63, 3.8) is 0 Å². The van der Waals surface area contributed by atoms with Crippen LogP contribution in [0.25, 0.3) is 0 Å². The van der Waals surface area contributed by atoms with Crippen molar-refractivity contribution in [2.75, 3.05) is 12.3 Å². The van der Waals surface area contributed by atoms with Gasteiger partial charge in [-0.2, -0.15) is 0 Å². The Morgan fingerprint density at radius 1 is 1.19 bits per heavy atom. The Labute approximate surface area is 133 Å². The molecular formula is C17H19BrN2O. The van der Waals surface area contributed by atoms with Gasteiger partial charge in [0.1, 0.15) is 0 Å². The minimum absolute atomic E-state index is 0.00806. The zero-order chi connectivity index (χ0) is 15.2. The largest absolute Gasteiger partial charge is 0.399 e. The van der Waals surface area contributed by atoms with Gasteiger partial charge in [-0.25, -0.2) is 0 Å². The number of benzene rings is 2. The highest BCUT2D eigenvalue weighted by molar-refractivity contribution is 9.10. The monoisotopic (exact) mass is 346 g/mol. The molecule has 1 amide bonds. The van der Waals surface area contributed by atoms with Crippen LogP contribution in [0.15, 0.2) is 53.0 Å². The predicted octanol–water partition coefficient (Wildman–Crippen LogP) is 4.08. The first-order valence-corrected chi connectivity index (χ1v) is 7.78. The van der Waals surface area contributed by atoms with Gasteiger partial charge in [0.2, 0.25) is 0 Å². The van der Waals surface area contributed by atoms with E-state index in [0.29, 0.717) is 17.8 Å². The van der Waals surface area contributed by atoms with Crippen LogP contribution in [0, 0.1) is 0 Å². The lowest BCUT2D eigenvalue weighted by Gasteiger charge is -2.22. The first-order valence-electron chi connectivity index (χ1n) is 6.99. The first-order chi connectivity index (χ1) is 10.1. The van der Waals surface area contributed by atoms with Crippen molar-refractivity contribution < 1.29 is 4.79 Å². The molecule has 0 aromatic heterocycles. The van der Waals surface area contributed by atoms with Gasteiger partial charge in [-0.3, -0.25) is 4.79 Å². The Kier molecular flexibility index (Phi) is 5.39. The summed E-state index contributed by atoms with van der Waals surface area (Å²) in [6.45, 7) is 3.40. The van der Waals surface area contributed by atoms with E-state index in [2.05, 4.69) is 22.9 Å². The minimum atomic E-state index is 0.00806. The van der Waals surface area contributed by atoms with Crippen molar-refractivity contribution in [2.45, 2.75) is 19.9 Å². The minimum Gasteiger partial charge on any atom is -0.399 e. The number of carbonyl (C=O) groups is 1. The number of rotatable bonds is 5. The van der Waals surface area contributed by atoms with Gasteiger partial charge in [0.05, 0.1) is 0 Å². The van der Waals surface area contributed by atoms with Gasteiger partial charge in [0.15, 0.2) is 0 Å². The summed E-state index contributed by atoms with van der Waals surface area (Å²) in [5, 5.41) is 0. The van der Waals surface area contributed by atoms with E-state index in [1.807, 2.05) is 41.3 Å². The molecule has 0 atom stereocenters.